The van der Waals surface area contributed by atoms with Gasteiger partial charge in [-0.2, -0.15) is 0 Å². The molecule has 0 saturated heterocycles. The average molecular weight is 288 g/mol. The fourth-order valence-electron chi connectivity index (χ4n) is 3.57. The Hall–Kier alpha value is -1.74. The first-order valence-electron chi connectivity index (χ1n) is 7.31. The first-order valence-corrected chi connectivity index (χ1v) is 7.31. The molecule has 0 amide bonds. The van der Waals surface area contributed by atoms with Gasteiger partial charge in [0.2, 0.25) is 0 Å². The van der Waals surface area contributed by atoms with Gasteiger partial charge in [-0.3, -0.25) is 0 Å². The number of hydrogen-bond donors (Lipinski definition) is 1. The number of benzene rings is 2. The SMILES string of the molecule is OCCCC1(c2ccc(F)cc2)CCc2cc(F)ccc21. The predicted molar refractivity (Wildman–Crippen MR) is 78.2 cm³/mol. The van der Waals surface area contributed by atoms with Crippen LogP contribution in [0.5, 0.6) is 0 Å². The molecule has 1 N–H and O–H groups in total. The molecule has 1 atom stereocenters. The van der Waals surface area contributed by atoms with Crippen molar-refractivity contribution in [3.05, 3.63) is 70.8 Å². The van der Waals surface area contributed by atoms with E-state index in [0.717, 1.165) is 36.0 Å². The zero-order valence-corrected chi connectivity index (χ0v) is 11.8. The lowest BCUT2D eigenvalue weighted by molar-refractivity contribution is 0.268. The maximum absolute atomic E-state index is 13.4. The summed E-state index contributed by atoms with van der Waals surface area (Å²) in [4.78, 5) is 0. The van der Waals surface area contributed by atoms with Gasteiger partial charge in [-0.05, 0) is 66.6 Å². The van der Waals surface area contributed by atoms with E-state index in [-0.39, 0.29) is 23.7 Å². The smallest absolute Gasteiger partial charge is 0.123 e. The number of hydrogen-bond acceptors (Lipinski definition) is 1. The van der Waals surface area contributed by atoms with Crippen LogP contribution in [-0.4, -0.2) is 11.7 Å². The highest BCUT2D eigenvalue weighted by atomic mass is 19.1. The van der Waals surface area contributed by atoms with Gasteiger partial charge in [0.1, 0.15) is 11.6 Å². The Bertz CT molecular complexity index is 636. The number of halogens is 2. The molecule has 0 fully saturated rings. The minimum atomic E-state index is -0.256. The van der Waals surface area contributed by atoms with Crippen molar-refractivity contribution in [1.82, 2.24) is 0 Å². The third kappa shape index (κ3) is 2.46. The zero-order valence-electron chi connectivity index (χ0n) is 11.8. The van der Waals surface area contributed by atoms with E-state index < -0.39 is 0 Å². The van der Waals surface area contributed by atoms with Crippen molar-refractivity contribution >= 4 is 0 Å². The van der Waals surface area contributed by atoms with Crippen LogP contribution in [0.4, 0.5) is 8.78 Å². The number of fused-ring (bicyclic) bond motifs is 1. The van der Waals surface area contributed by atoms with Gasteiger partial charge in [0, 0.05) is 12.0 Å². The molecule has 0 heterocycles. The highest BCUT2D eigenvalue weighted by molar-refractivity contribution is 5.48. The lowest BCUT2D eigenvalue weighted by Gasteiger charge is -2.31. The molecule has 1 unspecified atom stereocenters. The fourth-order valence-corrected chi connectivity index (χ4v) is 3.57. The Morgan fingerprint density at radius 3 is 2.43 bits per heavy atom. The van der Waals surface area contributed by atoms with E-state index in [1.54, 1.807) is 6.07 Å². The summed E-state index contributed by atoms with van der Waals surface area (Å²) < 4.78 is 26.6. The van der Waals surface area contributed by atoms with Gasteiger partial charge in [-0.15, -0.1) is 0 Å². The molecule has 3 rings (SSSR count). The van der Waals surface area contributed by atoms with Gasteiger partial charge in [0.15, 0.2) is 0 Å². The molecule has 2 aromatic rings. The van der Waals surface area contributed by atoms with Crippen molar-refractivity contribution in [3.63, 3.8) is 0 Å². The van der Waals surface area contributed by atoms with Crippen molar-refractivity contribution in [3.8, 4) is 0 Å². The summed E-state index contributed by atoms with van der Waals surface area (Å²) in [6.07, 6.45) is 3.15. The molecule has 2 aromatic carbocycles. The molecular formula is C18H18F2O. The van der Waals surface area contributed by atoms with E-state index in [0.29, 0.717) is 6.42 Å². The van der Waals surface area contributed by atoms with Crippen LogP contribution in [0, 0.1) is 11.6 Å². The molecule has 0 saturated carbocycles. The van der Waals surface area contributed by atoms with E-state index >= 15 is 0 Å². The first kappa shape index (κ1) is 14.2. The van der Waals surface area contributed by atoms with Crippen molar-refractivity contribution in [2.45, 2.75) is 31.1 Å². The summed E-state index contributed by atoms with van der Waals surface area (Å²) in [6.45, 7) is 0.124. The summed E-state index contributed by atoms with van der Waals surface area (Å²) >= 11 is 0. The van der Waals surface area contributed by atoms with Crippen LogP contribution < -0.4 is 0 Å². The summed E-state index contributed by atoms with van der Waals surface area (Å²) in [5.41, 5.74) is 2.95. The molecule has 1 aliphatic rings. The quantitative estimate of drug-likeness (QED) is 0.902. The largest absolute Gasteiger partial charge is 0.396 e. The number of rotatable bonds is 4. The Morgan fingerprint density at radius 1 is 1.00 bits per heavy atom. The second-order valence-corrected chi connectivity index (χ2v) is 5.72. The second-order valence-electron chi connectivity index (χ2n) is 5.72. The maximum atomic E-state index is 13.4. The number of aliphatic hydroxyl groups excluding tert-OH is 1. The van der Waals surface area contributed by atoms with Gasteiger partial charge >= 0.3 is 0 Å². The average Bonchev–Trinajstić information content (AvgIpc) is 2.85. The molecule has 0 radical (unpaired) electrons. The molecule has 0 bridgehead atoms. The normalized spacial score (nSPS) is 20.5. The summed E-state index contributed by atoms with van der Waals surface area (Å²) in [7, 11) is 0. The minimum Gasteiger partial charge on any atom is -0.396 e. The fraction of sp³-hybridized carbons (Fsp3) is 0.333. The van der Waals surface area contributed by atoms with Gasteiger partial charge in [0.05, 0.1) is 0 Å². The van der Waals surface area contributed by atoms with E-state index in [9.17, 15) is 13.9 Å². The lowest BCUT2D eigenvalue weighted by atomic mass is 9.72. The zero-order chi connectivity index (χ0) is 14.9. The maximum Gasteiger partial charge on any atom is 0.123 e. The summed E-state index contributed by atoms with van der Waals surface area (Å²) in [6, 6.07) is 11.5. The Morgan fingerprint density at radius 2 is 1.71 bits per heavy atom. The molecule has 0 aliphatic heterocycles. The topological polar surface area (TPSA) is 20.2 Å². The first-order chi connectivity index (χ1) is 10.2. The number of aryl methyl sites for hydroxylation is 1. The van der Waals surface area contributed by atoms with Gasteiger partial charge < -0.3 is 5.11 Å². The standard InChI is InChI=1S/C18H18F2O/c19-15-4-2-14(3-5-15)18(9-1-11-21)10-8-13-12-16(20)6-7-17(13)18/h2-7,12,21H,1,8-11H2. The molecule has 110 valence electrons. The third-order valence-corrected chi connectivity index (χ3v) is 4.56. The van der Waals surface area contributed by atoms with E-state index in [1.165, 1.54) is 18.2 Å². The van der Waals surface area contributed by atoms with Gasteiger partial charge in [-0.25, -0.2) is 8.78 Å². The predicted octanol–water partition coefficient (Wildman–Crippen LogP) is 3.97. The lowest BCUT2D eigenvalue weighted by Crippen LogP contribution is -2.25. The molecular weight excluding hydrogens is 270 g/mol. The highest BCUT2D eigenvalue weighted by Crippen LogP contribution is 2.47. The Kier molecular flexibility index (Phi) is 3.77. The summed E-state index contributed by atoms with van der Waals surface area (Å²) in [5, 5.41) is 9.20. The van der Waals surface area contributed by atoms with Gasteiger partial charge in [0.25, 0.3) is 0 Å². The summed E-state index contributed by atoms with van der Waals surface area (Å²) in [5.74, 6) is -0.473. The molecule has 21 heavy (non-hydrogen) atoms. The van der Waals surface area contributed by atoms with Crippen LogP contribution in [0.1, 0.15) is 36.0 Å². The minimum absolute atomic E-state index is 0.124. The van der Waals surface area contributed by atoms with Crippen LogP contribution in [0.15, 0.2) is 42.5 Å². The van der Waals surface area contributed by atoms with Crippen LogP contribution in [-0.2, 0) is 11.8 Å². The highest BCUT2D eigenvalue weighted by Gasteiger charge is 2.39. The molecule has 1 nitrogen and oxygen atoms in total. The number of aliphatic hydroxyl groups is 1. The van der Waals surface area contributed by atoms with Crippen LogP contribution in [0.25, 0.3) is 0 Å². The van der Waals surface area contributed by atoms with Gasteiger partial charge in [-0.1, -0.05) is 18.2 Å². The van der Waals surface area contributed by atoms with Crippen molar-refractivity contribution < 1.29 is 13.9 Å². The Balaban J connectivity index is 2.10. The third-order valence-electron chi connectivity index (χ3n) is 4.56. The molecule has 0 aromatic heterocycles. The van der Waals surface area contributed by atoms with Crippen molar-refractivity contribution in [1.29, 1.82) is 0 Å². The molecule has 3 heteroatoms. The van der Waals surface area contributed by atoms with Crippen molar-refractivity contribution in [2.75, 3.05) is 6.61 Å². The van der Waals surface area contributed by atoms with Crippen LogP contribution in [0.3, 0.4) is 0 Å². The van der Waals surface area contributed by atoms with Crippen molar-refractivity contribution in [2.24, 2.45) is 0 Å². The van der Waals surface area contributed by atoms with E-state index in [2.05, 4.69) is 0 Å². The second kappa shape index (κ2) is 5.57. The van der Waals surface area contributed by atoms with Crippen LogP contribution in [0.2, 0.25) is 0 Å². The van der Waals surface area contributed by atoms with E-state index in [1.807, 2.05) is 18.2 Å². The Labute approximate surface area is 123 Å². The molecule has 0 spiro atoms. The van der Waals surface area contributed by atoms with Crippen LogP contribution >= 0.6 is 0 Å². The molecule has 1 aliphatic carbocycles. The monoisotopic (exact) mass is 288 g/mol. The van der Waals surface area contributed by atoms with E-state index in [4.69, 9.17) is 0 Å².